The van der Waals surface area contributed by atoms with E-state index in [1.54, 1.807) is 25.6 Å². The summed E-state index contributed by atoms with van der Waals surface area (Å²) in [6.07, 6.45) is 4.41. The van der Waals surface area contributed by atoms with Crippen molar-refractivity contribution in [2.24, 2.45) is 11.3 Å². The Bertz CT molecular complexity index is 1270. The van der Waals surface area contributed by atoms with Crippen molar-refractivity contribution >= 4 is 27.5 Å². The highest BCUT2D eigenvalue weighted by Gasteiger charge is 2.31. The number of benzene rings is 1. The van der Waals surface area contributed by atoms with Gasteiger partial charge in [0.15, 0.2) is 11.5 Å². The van der Waals surface area contributed by atoms with Crippen molar-refractivity contribution in [1.29, 1.82) is 0 Å². The Labute approximate surface area is 210 Å². The molecule has 0 aliphatic heterocycles. The number of carbonyl (C=O) groups excluding carboxylic acids is 1. The van der Waals surface area contributed by atoms with Gasteiger partial charge >= 0.3 is 0 Å². The molecule has 1 atom stereocenters. The largest absolute Gasteiger partial charge is 0.493 e. The first-order chi connectivity index (χ1) is 16.7. The molecule has 2 heterocycles. The monoisotopic (exact) mass is 497 g/mol. The van der Waals surface area contributed by atoms with Crippen LogP contribution in [0.4, 0.5) is 0 Å². The summed E-state index contributed by atoms with van der Waals surface area (Å²) in [6.45, 7) is 7.39. The molecule has 3 aromatic rings. The van der Waals surface area contributed by atoms with Crippen LogP contribution in [0.3, 0.4) is 0 Å². The number of nitrogens with one attached hydrogen (secondary N) is 2. The summed E-state index contributed by atoms with van der Waals surface area (Å²) in [5.41, 5.74) is 2.41. The third-order valence-corrected chi connectivity index (χ3v) is 8.11. The molecule has 1 amide bonds. The normalized spacial score (nSPS) is 15.6. The van der Waals surface area contributed by atoms with Gasteiger partial charge in [0.1, 0.15) is 10.7 Å². The number of H-pyrrole nitrogens is 1. The minimum Gasteiger partial charge on any atom is -0.493 e. The Balaban J connectivity index is 1.34. The topological polar surface area (TPSA) is 93.3 Å². The zero-order chi connectivity index (χ0) is 25.2. The molecule has 0 radical (unpaired) electrons. The molecule has 0 fully saturated rings. The fraction of sp³-hybridized carbons (Fsp3) is 0.519. The predicted octanol–water partition coefficient (Wildman–Crippen LogP) is 4.44. The molecule has 35 heavy (non-hydrogen) atoms. The number of aryl methyl sites for hydroxylation is 2. The van der Waals surface area contributed by atoms with Gasteiger partial charge in [-0.15, -0.1) is 11.3 Å². The van der Waals surface area contributed by atoms with Crippen molar-refractivity contribution in [3.63, 3.8) is 0 Å². The van der Waals surface area contributed by atoms with E-state index in [0.29, 0.717) is 42.6 Å². The van der Waals surface area contributed by atoms with E-state index in [1.165, 1.54) is 10.4 Å². The van der Waals surface area contributed by atoms with Gasteiger partial charge in [-0.2, -0.15) is 0 Å². The van der Waals surface area contributed by atoms with Crippen LogP contribution in [-0.2, 0) is 30.5 Å². The van der Waals surface area contributed by atoms with Crippen LogP contribution >= 0.6 is 11.3 Å². The van der Waals surface area contributed by atoms with E-state index in [0.717, 1.165) is 35.0 Å². The Kier molecular flexibility index (Phi) is 7.50. The van der Waals surface area contributed by atoms with Crippen molar-refractivity contribution in [2.45, 2.75) is 59.3 Å². The minimum absolute atomic E-state index is 0.0632. The molecule has 2 aromatic heterocycles. The fourth-order valence-electron chi connectivity index (χ4n) is 4.79. The number of carbonyl (C=O) groups is 1. The maximum Gasteiger partial charge on any atom is 0.259 e. The molecule has 188 valence electrons. The summed E-state index contributed by atoms with van der Waals surface area (Å²) in [6, 6.07) is 5.74. The fourth-order valence-corrected chi connectivity index (χ4v) is 6.11. The average molecular weight is 498 g/mol. The Hall–Kier alpha value is -2.87. The number of hydrogen-bond donors (Lipinski definition) is 2. The summed E-state index contributed by atoms with van der Waals surface area (Å²) in [4.78, 5) is 35.0. The zero-order valence-corrected chi connectivity index (χ0v) is 22.1. The molecule has 0 saturated heterocycles. The summed E-state index contributed by atoms with van der Waals surface area (Å²) in [5, 5.41) is 3.70. The minimum atomic E-state index is -0.0782. The smallest absolute Gasteiger partial charge is 0.259 e. The Morgan fingerprint density at radius 2 is 1.97 bits per heavy atom. The molecule has 1 aliphatic carbocycles. The quantitative estimate of drug-likeness (QED) is 0.480. The second-order valence-electron chi connectivity index (χ2n) is 10.3. The lowest BCUT2D eigenvalue weighted by Gasteiger charge is -2.33. The van der Waals surface area contributed by atoms with Gasteiger partial charge in [-0.1, -0.05) is 26.8 Å². The van der Waals surface area contributed by atoms with Crippen molar-refractivity contribution in [3.05, 3.63) is 50.4 Å². The lowest BCUT2D eigenvalue weighted by Crippen LogP contribution is -2.27. The van der Waals surface area contributed by atoms with Gasteiger partial charge in [-0.05, 0) is 60.3 Å². The van der Waals surface area contributed by atoms with Gasteiger partial charge in [0, 0.05) is 24.3 Å². The number of nitrogens with zero attached hydrogens (tertiary/aromatic N) is 1. The standard InChI is InChI=1S/C27H35N3O4S/c1-27(2,3)17-7-8-18-21(15-17)35-26-24(18)25(32)29-22(30-26)10-11-23(31)28-13-12-16-6-9-19(33-4)20(14-16)34-5/h6,9,14,17H,7-8,10-13,15H2,1-5H3,(H,28,31)(H,29,30,32)/t17-/m1/s1. The van der Waals surface area contributed by atoms with E-state index in [2.05, 4.69) is 31.1 Å². The van der Waals surface area contributed by atoms with E-state index >= 15 is 0 Å². The van der Waals surface area contributed by atoms with Crippen LogP contribution in [0.15, 0.2) is 23.0 Å². The molecule has 8 heteroatoms. The highest BCUT2D eigenvalue weighted by molar-refractivity contribution is 7.18. The van der Waals surface area contributed by atoms with Crippen molar-refractivity contribution in [2.75, 3.05) is 20.8 Å². The number of methoxy groups -OCH3 is 2. The third kappa shape index (κ3) is 5.69. The first-order valence-electron chi connectivity index (χ1n) is 12.2. The van der Waals surface area contributed by atoms with Crippen LogP contribution in [0.1, 0.15) is 55.4 Å². The molecule has 0 spiro atoms. The molecule has 2 N–H and O–H groups in total. The third-order valence-electron chi connectivity index (χ3n) is 6.97. The van der Waals surface area contributed by atoms with E-state index in [1.807, 2.05) is 18.2 Å². The van der Waals surface area contributed by atoms with Gasteiger partial charge in [0.2, 0.25) is 5.91 Å². The molecule has 1 aliphatic rings. The van der Waals surface area contributed by atoms with E-state index in [4.69, 9.17) is 14.5 Å². The summed E-state index contributed by atoms with van der Waals surface area (Å²) >= 11 is 1.65. The maximum absolute atomic E-state index is 12.9. The number of thiophene rings is 1. The zero-order valence-electron chi connectivity index (χ0n) is 21.2. The van der Waals surface area contributed by atoms with Crippen molar-refractivity contribution < 1.29 is 14.3 Å². The molecule has 7 nitrogen and oxygen atoms in total. The molecule has 0 saturated carbocycles. The highest BCUT2D eigenvalue weighted by atomic mass is 32.1. The number of rotatable bonds is 8. The molecular formula is C27H35N3O4S. The van der Waals surface area contributed by atoms with Crippen LogP contribution < -0.4 is 20.3 Å². The van der Waals surface area contributed by atoms with Crippen LogP contribution in [0.5, 0.6) is 11.5 Å². The molecular weight excluding hydrogens is 462 g/mol. The van der Waals surface area contributed by atoms with E-state index < -0.39 is 0 Å². The molecule has 0 bridgehead atoms. The van der Waals surface area contributed by atoms with Crippen molar-refractivity contribution in [3.8, 4) is 11.5 Å². The SMILES string of the molecule is COc1ccc(CCNC(=O)CCc2nc3sc4c(c3c(=O)[nH]2)CC[C@@H](C(C)(C)C)C4)cc1OC. The van der Waals surface area contributed by atoms with Crippen LogP contribution in [0, 0.1) is 11.3 Å². The Morgan fingerprint density at radius 1 is 1.20 bits per heavy atom. The second-order valence-corrected chi connectivity index (χ2v) is 11.4. The first kappa shape index (κ1) is 25.2. The second kappa shape index (κ2) is 10.4. The average Bonchev–Trinajstić information content (AvgIpc) is 3.20. The van der Waals surface area contributed by atoms with Gasteiger partial charge in [0.05, 0.1) is 19.6 Å². The van der Waals surface area contributed by atoms with E-state index in [-0.39, 0.29) is 23.3 Å². The molecule has 0 unspecified atom stereocenters. The lowest BCUT2D eigenvalue weighted by molar-refractivity contribution is -0.121. The van der Waals surface area contributed by atoms with Gasteiger partial charge < -0.3 is 19.8 Å². The highest BCUT2D eigenvalue weighted by Crippen LogP contribution is 2.42. The number of fused-ring (bicyclic) bond motifs is 3. The lowest BCUT2D eigenvalue weighted by atomic mass is 9.72. The molecule has 4 rings (SSSR count). The van der Waals surface area contributed by atoms with Gasteiger partial charge in [-0.25, -0.2) is 4.98 Å². The number of aromatic amines is 1. The number of amides is 1. The first-order valence-corrected chi connectivity index (χ1v) is 13.0. The number of hydrogen-bond acceptors (Lipinski definition) is 6. The van der Waals surface area contributed by atoms with Crippen LogP contribution in [-0.4, -0.2) is 36.6 Å². The summed E-state index contributed by atoms with van der Waals surface area (Å²) in [5.74, 6) is 2.48. The maximum atomic E-state index is 12.9. The predicted molar refractivity (Wildman–Crippen MR) is 140 cm³/mol. The summed E-state index contributed by atoms with van der Waals surface area (Å²) in [7, 11) is 3.21. The van der Waals surface area contributed by atoms with Gasteiger partial charge in [-0.3, -0.25) is 9.59 Å². The molecule has 1 aromatic carbocycles. The Morgan fingerprint density at radius 3 is 2.69 bits per heavy atom. The van der Waals surface area contributed by atoms with Crippen molar-refractivity contribution in [1.82, 2.24) is 15.3 Å². The van der Waals surface area contributed by atoms with E-state index in [9.17, 15) is 9.59 Å². The number of ether oxygens (including phenoxy) is 2. The van der Waals surface area contributed by atoms with Crippen LogP contribution in [0.2, 0.25) is 0 Å². The van der Waals surface area contributed by atoms with Gasteiger partial charge in [0.25, 0.3) is 5.56 Å². The van der Waals surface area contributed by atoms with Crippen LogP contribution in [0.25, 0.3) is 10.2 Å². The number of aromatic nitrogens is 2. The summed E-state index contributed by atoms with van der Waals surface area (Å²) < 4.78 is 10.6.